The molecule has 0 spiro atoms. The standard InChI is InChI=1S/C16H17N3O2/c1-10-7-11(2)18-15(21-3)13(10)8-19-9-14-12(16(19)20)5-4-6-17-14/h4-7H,8-9H2,1-3H3. The third kappa shape index (κ3) is 2.35. The molecule has 5 nitrogen and oxygen atoms in total. The van der Waals surface area contributed by atoms with Gasteiger partial charge in [-0.05, 0) is 37.6 Å². The number of amides is 1. The van der Waals surface area contributed by atoms with Gasteiger partial charge in [0.25, 0.3) is 5.91 Å². The molecule has 0 fully saturated rings. The number of pyridine rings is 2. The van der Waals surface area contributed by atoms with E-state index in [1.54, 1.807) is 24.3 Å². The van der Waals surface area contributed by atoms with Crippen LogP contribution in [0.25, 0.3) is 0 Å². The maximum atomic E-state index is 12.4. The molecule has 1 aliphatic heterocycles. The lowest BCUT2D eigenvalue weighted by atomic mass is 10.1. The average Bonchev–Trinajstić information content (AvgIpc) is 2.78. The Morgan fingerprint density at radius 2 is 2.19 bits per heavy atom. The van der Waals surface area contributed by atoms with Crippen LogP contribution >= 0.6 is 0 Å². The van der Waals surface area contributed by atoms with Gasteiger partial charge in [-0.25, -0.2) is 4.98 Å². The van der Waals surface area contributed by atoms with Crippen molar-refractivity contribution in [2.45, 2.75) is 26.9 Å². The van der Waals surface area contributed by atoms with Gasteiger partial charge in [0, 0.05) is 17.5 Å². The van der Waals surface area contributed by atoms with Crippen LogP contribution in [-0.4, -0.2) is 27.9 Å². The first-order valence-electron chi connectivity index (χ1n) is 6.84. The number of hydrogen-bond donors (Lipinski definition) is 0. The van der Waals surface area contributed by atoms with Crippen molar-refractivity contribution in [1.82, 2.24) is 14.9 Å². The molecule has 0 N–H and O–H groups in total. The monoisotopic (exact) mass is 283 g/mol. The van der Waals surface area contributed by atoms with Crippen molar-refractivity contribution in [1.29, 1.82) is 0 Å². The lowest BCUT2D eigenvalue weighted by molar-refractivity contribution is 0.0764. The zero-order chi connectivity index (χ0) is 15.0. The van der Waals surface area contributed by atoms with E-state index in [1.807, 2.05) is 26.0 Å². The van der Waals surface area contributed by atoms with Crippen molar-refractivity contribution in [2.24, 2.45) is 0 Å². The zero-order valence-corrected chi connectivity index (χ0v) is 12.4. The SMILES string of the molecule is COc1nc(C)cc(C)c1CN1Cc2ncccc2C1=O. The van der Waals surface area contributed by atoms with E-state index < -0.39 is 0 Å². The van der Waals surface area contributed by atoms with Crippen molar-refractivity contribution in [3.05, 3.63) is 52.5 Å². The predicted molar refractivity (Wildman–Crippen MR) is 78.1 cm³/mol. The van der Waals surface area contributed by atoms with E-state index in [0.29, 0.717) is 24.5 Å². The maximum Gasteiger partial charge on any atom is 0.256 e. The van der Waals surface area contributed by atoms with Crippen LogP contribution in [0.3, 0.4) is 0 Å². The number of fused-ring (bicyclic) bond motifs is 1. The molecule has 2 aromatic rings. The van der Waals surface area contributed by atoms with Crippen LogP contribution in [-0.2, 0) is 13.1 Å². The Bertz CT molecular complexity index is 713. The summed E-state index contributed by atoms with van der Waals surface area (Å²) in [6.45, 7) is 4.96. The van der Waals surface area contributed by atoms with Crippen molar-refractivity contribution in [3.8, 4) is 5.88 Å². The highest BCUT2D eigenvalue weighted by atomic mass is 16.5. The normalized spacial score (nSPS) is 13.5. The second kappa shape index (κ2) is 5.16. The lowest BCUT2D eigenvalue weighted by Crippen LogP contribution is -2.24. The third-order valence-electron chi connectivity index (χ3n) is 3.73. The number of hydrogen-bond acceptors (Lipinski definition) is 4. The smallest absolute Gasteiger partial charge is 0.256 e. The van der Waals surface area contributed by atoms with Crippen LogP contribution in [0, 0.1) is 13.8 Å². The summed E-state index contributed by atoms with van der Waals surface area (Å²) in [7, 11) is 1.60. The van der Waals surface area contributed by atoms with E-state index in [4.69, 9.17) is 4.74 Å². The molecular formula is C16H17N3O2. The van der Waals surface area contributed by atoms with Crippen molar-refractivity contribution < 1.29 is 9.53 Å². The molecule has 2 aromatic heterocycles. The zero-order valence-electron chi connectivity index (χ0n) is 12.4. The number of aromatic nitrogens is 2. The molecule has 0 atom stereocenters. The van der Waals surface area contributed by atoms with Gasteiger partial charge in [-0.15, -0.1) is 0 Å². The Hall–Kier alpha value is -2.43. The largest absolute Gasteiger partial charge is 0.481 e. The van der Waals surface area contributed by atoms with Gasteiger partial charge in [-0.3, -0.25) is 9.78 Å². The summed E-state index contributed by atoms with van der Waals surface area (Å²) in [6.07, 6.45) is 1.72. The molecule has 0 radical (unpaired) electrons. The van der Waals surface area contributed by atoms with Gasteiger partial charge in [0.1, 0.15) is 0 Å². The Balaban J connectivity index is 1.91. The summed E-state index contributed by atoms with van der Waals surface area (Å²) in [4.78, 5) is 22.8. The molecule has 0 saturated heterocycles. The number of aryl methyl sites for hydroxylation is 2. The summed E-state index contributed by atoms with van der Waals surface area (Å²) in [5.41, 5.74) is 4.46. The quantitative estimate of drug-likeness (QED) is 0.867. The van der Waals surface area contributed by atoms with E-state index in [0.717, 1.165) is 22.5 Å². The van der Waals surface area contributed by atoms with Crippen LogP contribution < -0.4 is 4.74 Å². The van der Waals surface area contributed by atoms with E-state index >= 15 is 0 Å². The van der Waals surface area contributed by atoms with Crippen molar-refractivity contribution in [2.75, 3.05) is 7.11 Å². The van der Waals surface area contributed by atoms with Gasteiger partial charge in [0.05, 0.1) is 31.5 Å². The molecule has 5 heteroatoms. The second-order valence-corrected chi connectivity index (χ2v) is 5.23. The Morgan fingerprint density at radius 1 is 1.38 bits per heavy atom. The summed E-state index contributed by atoms with van der Waals surface area (Å²) in [6, 6.07) is 5.62. The molecule has 0 bridgehead atoms. The fourth-order valence-corrected chi connectivity index (χ4v) is 2.69. The van der Waals surface area contributed by atoms with Crippen LogP contribution in [0.1, 0.15) is 32.9 Å². The second-order valence-electron chi connectivity index (χ2n) is 5.23. The Morgan fingerprint density at radius 3 is 2.90 bits per heavy atom. The number of methoxy groups -OCH3 is 1. The first-order valence-corrected chi connectivity index (χ1v) is 6.84. The highest BCUT2D eigenvalue weighted by molar-refractivity contribution is 5.97. The highest BCUT2D eigenvalue weighted by Crippen LogP contribution is 2.27. The van der Waals surface area contributed by atoms with E-state index in [1.165, 1.54) is 0 Å². The van der Waals surface area contributed by atoms with Crippen LogP contribution in [0.15, 0.2) is 24.4 Å². The fraction of sp³-hybridized carbons (Fsp3) is 0.312. The van der Waals surface area contributed by atoms with Gasteiger partial charge in [-0.2, -0.15) is 0 Å². The summed E-state index contributed by atoms with van der Waals surface area (Å²) in [5.74, 6) is 0.601. The fourth-order valence-electron chi connectivity index (χ4n) is 2.69. The van der Waals surface area contributed by atoms with Gasteiger partial charge in [0.15, 0.2) is 0 Å². The number of nitrogens with zero attached hydrogens (tertiary/aromatic N) is 3. The Kier molecular flexibility index (Phi) is 3.33. The summed E-state index contributed by atoms with van der Waals surface area (Å²) in [5, 5.41) is 0. The third-order valence-corrected chi connectivity index (χ3v) is 3.73. The first-order chi connectivity index (χ1) is 10.1. The molecule has 1 amide bonds. The topological polar surface area (TPSA) is 55.3 Å². The van der Waals surface area contributed by atoms with E-state index in [2.05, 4.69) is 9.97 Å². The molecule has 21 heavy (non-hydrogen) atoms. The molecule has 3 rings (SSSR count). The minimum absolute atomic E-state index is 0.0140. The first kappa shape index (κ1) is 13.5. The van der Waals surface area contributed by atoms with Gasteiger partial charge in [-0.1, -0.05) is 0 Å². The van der Waals surface area contributed by atoms with Crippen molar-refractivity contribution >= 4 is 5.91 Å². The van der Waals surface area contributed by atoms with Crippen LogP contribution in [0.2, 0.25) is 0 Å². The molecule has 108 valence electrons. The van der Waals surface area contributed by atoms with Crippen LogP contribution in [0.5, 0.6) is 5.88 Å². The molecule has 0 aliphatic carbocycles. The van der Waals surface area contributed by atoms with Gasteiger partial charge >= 0.3 is 0 Å². The number of ether oxygens (including phenoxy) is 1. The number of carbonyl (C=O) groups excluding carboxylic acids is 1. The molecule has 0 aromatic carbocycles. The average molecular weight is 283 g/mol. The Labute approximate surface area is 123 Å². The minimum atomic E-state index is 0.0140. The van der Waals surface area contributed by atoms with E-state index in [-0.39, 0.29) is 5.91 Å². The molecule has 0 saturated carbocycles. The number of rotatable bonds is 3. The minimum Gasteiger partial charge on any atom is -0.481 e. The summed E-state index contributed by atoms with van der Waals surface area (Å²) >= 11 is 0. The van der Waals surface area contributed by atoms with Gasteiger partial charge < -0.3 is 9.64 Å². The highest BCUT2D eigenvalue weighted by Gasteiger charge is 2.29. The molecule has 1 aliphatic rings. The molecule has 3 heterocycles. The predicted octanol–water partition coefficient (Wildman–Crippen LogP) is 2.26. The van der Waals surface area contributed by atoms with Gasteiger partial charge in [0.2, 0.25) is 5.88 Å². The summed E-state index contributed by atoms with van der Waals surface area (Å²) < 4.78 is 5.36. The molecular weight excluding hydrogens is 266 g/mol. The molecule has 0 unspecified atom stereocenters. The van der Waals surface area contributed by atoms with Crippen LogP contribution in [0.4, 0.5) is 0 Å². The van der Waals surface area contributed by atoms with Crippen molar-refractivity contribution in [3.63, 3.8) is 0 Å². The number of carbonyl (C=O) groups is 1. The maximum absolute atomic E-state index is 12.4. The lowest BCUT2D eigenvalue weighted by Gasteiger charge is -2.19. The van der Waals surface area contributed by atoms with E-state index in [9.17, 15) is 4.79 Å².